The van der Waals surface area contributed by atoms with Crippen LogP contribution in [-0.2, 0) is 11.3 Å². The molecule has 0 unspecified atom stereocenters. The Bertz CT molecular complexity index is 1360. The summed E-state index contributed by atoms with van der Waals surface area (Å²) in [5.41, 5.74) is 1.72. The van der Waals surface area contributed by atoms with Gasteiger partial charge in [-0.3, -0.25) is 9.48 Å². The normalized spacial score (nSPS) is 11.1. The summed E-state index contributed by atoms with van der Waals surface area (Å²) >= 11 is 0. The summed E-state index contributed by atoms with van der Waals surface area (Å²) in [6.45, 7) is 4.59. The number of hydrogen-bond acceptors (Lipinski definition) is 8. The molecule has 11 heteroatoms. The average Bonchev–Trinajstić information content (AvgIpc) is 3.32. The highest BCUT2D eigenvalue weighted by atomic mass is 19.1. The molecule has 2 aromatic carbocycles. The number of amides is 1. The molecule has 0 saturated carbocycles. The molecule has 0 aliphatic heterocycles. The van der Waals surface area contributed by atoms with Crippen LogP contribution in [-0.4, -0.2) is 64.4 Å². The molecule has 0 saturated heterocycles. The molecule has 37 heavy (non-hydrogen) atoms. The Balaban J connectivity index is 1.43. The maximum Gasteiger partial charge on any atom is 0.246 e. The average molecular weight is 508 g/mol. The van der Waals surface area contributed by atoms with Crippen LogP contribution in [0.2, 0.25) is 0 Å². The molecule has 0 aliphatic carbocycles. The topological polar surface area (TPSA) is 106 Å². The molecule has 1 amide bonds. The Morgan fingerprint density at radius 1 is 1.16 bits per heavy atom. The molecule has 4 aromatic rings. The van der Waals surface area contributed by atoms with Crippen LogP contribution in [0.3, 0.4) is 0 Å². The van der Waals surface area contributed by atoms with E-state index >= 15 is 0 Å². The number of benzene rings is 2. The summed E-state index contributed by atoms with van der Waals surface area (Å²) in [5.74, 6) is 1.01. The van der Waals surface area contributed by atoms with Crippen molar-refractivity contribution in [2.45, 2.75) is 19.9 Å². The van der Waals surface area contributed by atoms with E-state index in [2.05, 4.69) is 44.6 Å². The van der Waals surface area contributed by atoms with Crippen LogP contribution in [0.15, 0.2) is 55.1 Å². The van der Waals surface area contributed by atoms with E-state index < -0.39 is 5.82 Å². The number of ether oxygens (including phenoxy) is 2. The zero-order chi connectivity index (χ0) is 26.2. The number of methoxy groups -OCH3 is 1. The summed E-state index contributed by atoms with van der Waals surface area (Å²) in [6.07, 6.45) is 5.63. The van der Waals surface area contributed by atoms with E-state index in [0.717, 1.165) is 24.9 Å². The molecule has 194 valence electrons. The number of nitrogens with one attached hydrogen (secondary N) is 2. The first kappa shape index (κ1) is 25.8. The summed E-state index contributed by atoms with van der Waals surface area (Å²) < 4.78 is 26.3. The molecular weight excluding hydrogens is 477 g/mol. The standard InChI is InChI=1S/C26H30FN7O3/c1-4-33(2)9-6-10-37-24-13-22-21(12-23(24)36-3)26(29-17-28-22)32-20-14-30-34(15-20)16-25(35)31-19-8-5-7-18(27)11-19/h5,7-8,11-15,17H,4,6,9-10,16H2,1-3H3,(H,31,35)(H,28,29,32). The minimum Gasteiger partial charge on any atom is -0.493 e. The minimum atomic E-state index is -0.421. The second kappa shape index (κ2) is 12.1. The SMILES string of the molecule is CCN(C)CCCOc1cc2ncnc(Nc3cnn(CC(=O)Nc4cccc(F)c4)c3)c2cc1OC. The predicted octanol–water partition coefficient (Wildman–Crippen LogP) is 4.08. The van der Waals surface area contributed by atoms with Gasteiger partial charge >= 0.3 is 0 Å². The van der Waals surface area contributed by atoms with Crippen LogP contribution in [0.25, 0.3) is 10.9 Å². The maximum atomic E-state index is 13.3. The number of carbonyl (C=O) groups is 1. The molecule has 0 fully saturated rings. The van der Waals surface area contributed by atoms with Gasteiger partial charge in [-0.1, -0.05) is 13.0 Å². The van der Waals surface area contributed by atoms with Gasteiger partial charge in [0.25, 0.3) is 0 Å². The van der Waals surface area contributed by atoms with Crippen LogP contribution < -0.4 is 20.1 Å². The Morgan fingerprint density at radius 3 is 2.81 bits per heavy atom. The van der Waals surface area contributed by atoms with Gasteiger partial charge in [-0.25, -0.2) is 14.4 Å². The van der Waals surface area contributed by atoms with Crippen molar-refractivity contribution < 1.29 is 18.7 Å². The second-order valence-corrected chi connectivity index (χ2v) is 8.45. The zero-order valence-corrected chi connectivity index (χ0v) is 21.1. The number of hydrogen-bond donors (Lipinski definition) is 2. The molecule has 0 atom stereocenters. The van der Waals surface area contributed by atoms with E-state index in [1.807, 2.05) is 12.1 Å². The molecule has 0 bridgehead atoms. The van der Waals surface area contributed by atoms with Crippen molar-refractivity contribution in [3.8, 4) is 11.5 Å². The molecular formula is C26H30FN7O3. The monoisotopic (exact) mass is 507 g/mol. The Hall–Kier alpha value is -4.25. The van der Waals surface area contributed by atoms with E-state index in [4.69, 9.17) is 9.47 Å². The molecule has 0 radical (unpaired) electrons. The third-order valence-electron chi connectivity index (χ3n) is 5.71. The van der Waals surface area contributed by atoms with Crippen molar-refractivity contribution in [2.75, 3.05) is 44.5 Å². The van der Waals surface area contributed by atoms with Crippen molar-refractivity contribution in [3.63, 3.8) is 0 Å². The molecule has 2 heterocycles. The van der Waals surface area contributed by atoms with Crippen molar-refractivity contribution in [1.29, 1.82) is 0 Å². The van der Waals surface area contributed by atoms with Gasteiger partial charge in [0.2, 0.25) is 5.91 Å². The third kappa shape index (κ3) is 6.91. The fourth-order valence-electron chi connectivity index (χ4n) is 3.68. The van der Waals surface area contributed by atoms with Crippen LogP contribution in [0.1, 0.15) is 13.3 Å². The number of anilines is 3. The quantitative estimate of drug-likeness (QED) is 0.276. The number of fused-ring (bicyclic) bond motifs is 1. The van der Waals surface area contributed by atoms with E-state index in [-0.39, 0.29) is 12.5 Å². The van der Waals surface area contributed by atoms with Crippen molar-refractivity contribution in [1.82, 2.24) is 24.6 Å². The van der Waals surface area contributed by atoms with Crippen LogP contribution >= 0.6 is 0 Å². The maximum absolute atomic E-state index is 13.3. The lowest BCUT2D eigenvalue weighted by Gasteiger charge is -2.15. The lowest BCUT2D eigenvalue weighted by atomic mass is 10.2. The Kier molecular flexibility index (Phi) is 8.47. The largest absolute Gasteiger partial charge is 0.493 e. The number of nitrogens with zero attached hydrogens (tertiary/aromatic N) is 5. The molecule has 4 rings (SSSR count). The van der Waals surface area contributed by atoms with Gasteiger partial charge in [0.05, 0.1) is 31.1 Å². The van der Waals surface area contributed by atoms with E-state index in [9.17, 15) is 9.18 Å². The smallest absolute Gasteiger partial charge is 0.246 e. The molecule has 0 spiro atoms. The van der Waals surface area contributed by atoms with Gasteiger partial charge in [-0.2, -0.15) is 5.10 Å². The third-order valence-corrected chi connectivity index (χ3v) is 5.71. The summed E-state index contributed by atoms with van der Waals surface area (Å²) in [6, 6.07) is 9.39. The summed E-state index contributed by atoms with van der Waals surface area (Å²) in [4.78, 5) is 23.3. The van der Waals surface area contributed by atoms with Crippen LogP contribution in [0.4, 0.5) is 21.6 Å². The van der Waals surface area contributed by atoms with Gasteiger partial charge in [-0.15, -0.1) is 0 Å². The first-order chi connectivity index (χ1) is 17.9. The highest BCUT2D eigenvalue weighted by Crippen LogP contribution is 2.34. The fraction of sp³-hybridized carbons (Fsp3) is 0.308. The Labute approximate surface area is 214 Å². The lowest BCUT2D eigenvalue weighted by Crippen LogP contribution is -2.20. The van der Waals surface area contributed by atoms with Gasteiger partial charge < -0.3 is 25.0 Å². The highest BCUT2D eigenvalue weighted by Gasteiger charge is 2.13. The highest BCUT2D eigenvalue weighted by molar-refractivity contribution is 5.93. The number of rotatable bonds is 12. The van der Waals surface area contributed by atoms with Crippen LogP contribution in [0, 0.1) is 5.82 Å². The zero-order valence-electron chi connectivity index (χ0n) is 21.1. The first-order valence-electron chi connectivity index (χ1n) is 11.9. The second-order valence-electron chi connectivity index (χ2n) is 8.45. The molecule has 2 aromatic heterocycles. The molecule has 10 nitrogen and oxygen atoms in total. The summed E-state index contributed by atoms with van der Waals surface area (Å²) in [7, 11) is 3.67. The van der Waals surface area contributed by atoms with Gasteiger partial charge in [-0.05, 0) is 44.3 Å². The van der Waals surface area contributed by atoms with Crippen molar-refractivity contribution >= 4 is 34.0 Å². The first-order valence-corrected chi connectivity index (χ1v) is 11.9. The summed E-state index contributed by atoms with van der Waals surface area (Å²) in [5, 5.41) is 10.8. The predicted molar refractivity (Wildman–Crippen MR) is 140 cm³/mol. The van der Waals surface area contributed by atoms with Gasteiger partial charge in [0.1, 0.15) is 24.5 Å². The lowest BCUT2D eigenvalue weighted by molar-refractivity contribution is -0.116. The van der Waals surface area contributed by atoms with Crippen molar-refractivity contribution in [3.05, 3.63) is 60.9 Å². The Morgan fingerprint density at radius 2 is 2.03 bits per heavy atom. The van der Waals surface area contributed by atoms with Gasteiger partial charge in [0.15, 0.2) is 11.5 Å². The number of carbonyl (C=O) groups excluding carboxylic acids is 1. The van der Waals surface area contributed by atoms with E-state index in [1.54, 1.807) is 25.6 Å². The van der Waals surface area contributed by atoms with E-state index in [1.165, 1.54) is 29.2 Å². The fourth-order valence-corrected chi connectivity index (χ4v) is 3.68. The van der Waals surface area contributed by atoms with Gasteiger partial charge in [0, 0.05) is 29.9 Å². The van der Waals surface area contributed by atoms with E-state index in [0.29, 0.717) is 40.8 Å². The van der Waals surface area contributed by atoms with Crippen LogP contribution in [0.5, 0.6) is 11.5 Å². The minimum absolute atomic E-state index is 0.0364. The number of aromatic nitrogens is 4. The molecule has 0 aliphatic rings. The van der Waals surface area contributed by atoms with Crippen molar-refractivity contribution in [2.24, 2.45) is 0 Å². The number of halogens is 1. The molecule has 2 N–H and O–H groups in total.